The van der Waals surface area contributed by atoms with Crippen LogP contribution < -0.4 is 10.6 Å². The van der Waals surface area contributed by atoms with Crippen LogP contribution in [0.1, 0.15) is 0 Å². The van der Waals surface area contributed by atoms with E-state index in [1.54, 1.807) is 0 Å². The second-order valence-corrected chi connectivity index (χ2v) is 12.9. The van der Waals surface area contributed by atoms with Crippen LogP contribution in [0.3, 0.4) is 0 Å². The van der Waals surface area contributed by atoms with Gasteiger partial charge in [0.05, 0.1) is 16.5 Å². The lowest BCUT2D eigenvalue weighted by atomic mass is 10.2. The highest BCUT2D eigenvalue weighted by molar-refractivity contribution is 8.11. The summed E-state index contributed by atoms with van der Waals surface area (Å²) < 4.78 is 0. The van der Waals surface area contributed by atoms with Gasteiger partial charge >= 0.3 is 7.57 Å². The van der Waals surface area contributed by atoms with Gasteiger partial charge in [0, 0.05) is 17.4 Å². The molecule has 0 saturated heterocycles. The Labute approximate surface area is 169 Å². The molecular weight excluding hydrogens is 373 g/mol. The zero-order chi connectivity index (χ0) is 19.0. The monoisotopic (exact) mass is 393 g/mol. The molecule has 4 aromatic carbocycles. The Morgan fingerprint density at radius 2 is 0.929 bits per heavy atom. The first-order valence-electron chi connectivity index (χ1n) is 9.51. The van der Waals surface area contributed by atoms with E-state index in [0.29, 0.717) is 0 Å². The predicted octanol–water partition coefficient (Wildman–Crippen LogP) is 6.69. The van der Waals surface area contributed by atoms with Crippen LogP contribution in [0.2, 0.25) is 0 Å². The summed E-state index contributed by atoms with van der Waals surface area (Å²) in [5.74, 6) is 1.00. The summed E-state index contributed by atoms with van der Waals surface area (Å²) in [5.41, 5.74) is 0. The third-order valence-electron chi connectivity index (χ3n) is 5.48. The van der Waals surface area contributed by atoms with Crippen molar-refractivity contribution in [2.75, 3.05) is 0 Å². The van der Waals surface area contributed by atoms with E-state index in [2.05, 4.69) is 109 Å². The normalized spacial score (nSPS) is 11.9. The van der Waals surface area contributed by atoms with Gasteiger partial charge in [-0.25, -0.2) is 0 Å². The predicted molar refractivity (Wildman–Crippen MR) is 129 cm³/mol. The molecule has 0 aliphatic carbocycles. The molecule has 0 fully saturated rings. The molecule has 0 atom stereocenters. The summed E-state index contributed by atoms with van der Waals surface area (Å²) >= 11 is 0. The Kier molecular flexibility index (Phi) is 4.60. The summed E-state index contributed by atoms with van der Waals surface area (Å²) in [6.45, 7) is 0. The largest absolute Gasteiger partial charge is 0.378 e. The minimum Gasteiger partial charge on any atom is -0.0710 e. The Morgan fingerprint density at radius 1 is 0.536 bits per heavy atom. The third kappa shape index (κ3) is 2.91. The fourth-order valence-electron chi connectivity index (χ4n) is 4.08. The summed E-state index contributed by atoms with van der Waals surface area (Å²) in [6, 6.07) is 39.2. The van der Waals surface area contributed by atoms with Crippen molar-refractivity contribution in [1.82, 2.24) is 0 Å². The zero-order valence-corrected chi connectivity index (χ0v) is 17.4. The maximum Gasteiger partial charge on any atom is 0.378 e. The maximum atomic E-state index is 7.36. The number of rotatable bonds is 4. The highest BCUT2D eigenvalue weighted by Crippen LogP contribution is 2.64. The van der Waals surface area contributed by atoms with Gasteiger partial charge in [-0.2, -0.15) is 0 Å². The van der Waals surface area contributed by atoms with Crippen molar-refractivity contribution in [3.63, 3.8) is 0 Å². The van der Waals surface area contributed by atoms with Crippen molar-refractivity contribution in [3.8, 4) is 0 Å². The lowest BCUT2D eigenvalue weighted by Gasteiger charge is -2.24. The summed E-state index contributed by atoms with van der Waals surface area (Å²) in [5, 5.41) is 8.28. The molecule has 0 nitrogen and oxygen atoms in total. The minimum absolute atomic E-state index is 0.488. The molecule has 28 heavy (non-hydrogen) atoms. The van der Waals surface area contributed by atoms with Gasteiger partial charge in [0.15, 0.2) is 0 Å². The van der Waals surface area contributed by atoms with Crippen LogP contribution >= 0.6 is 14.7 Å². The van der Waals surface area contributed by atoms with Crippen LogP contribution in [-0.4, -0.2) is 7.57 Å². The van der Waals surface area contributed by atoms with E-state index in [9.17, 15) is 0 Å². The lowest BCUT2D eigenvalue weighted by molar-refractivity contribution is 1.72. The first-order chi connectivity index (χ1) is 13.8. The molecule has 0 spiro atoms. The SMILES string of the molecule is [B][P+](Cp1c2ccccc2c2ccccc21)(c1ccccc1)c1ccccc1. The van der Waals surface area contributed by atoms with Gasteiger partial charge in [0.25, 0.3) is 0 Å². The van der Waals surface area contributed by atoms with E-state index in [1.807, 2.05) is 0 Å². The average Bonchev–Trinajstić information content (AvgIpc) is 3.09. The van der Waals surface area contributed by atoms with Crippen molar-refractivity contribution in [1.29, 1.82) is 0 Å². The smallest absolute Gasteiger partial charge is 0.0710 e. The van der Waals surface area contributed by atoms with Crippen molar-refractivity contribution in [3.05, 3.63) is 109 Å². The average molecular weight is 393 g/mol. The number of benzene rings is 4. The van der Waals surface area contributed by atoms with E-state index in [4.69, 9.17) is 7.57 Å². The van der Waals surface area contributed by atoms with Gasteiger partial charge in [0.2, 0.25) is 0 Å². The number of hydrogen-bond acceptors (Lipinski definition) is 0. The first-order valence-corrected chi connectivity index (χ1v) is 13.1. The van der Waals surface area contributed by atoms with Gasteiger partial charge in [-0.05, 0) is 35.0 Å². The van der Waals surface area contributed by atoms with E-state index in [0.717, 1.165) is 5.90 Å². The lowest BCUT2D eigenvalue weighted by Crippen LogP contribution is -2.22. The molecular formula is C25H20BP2+. The van der Waals surface area contributed by atoms with E-state index in [1.165, 1.54) is 31.6 Å². The van der Waals surface area contributed by atoms with E-state index in [-0.39, 0.29) is 0 Å². The molecule has 0 amide bonds. The summed E-state index contributed by atoms with van der Waals surface area (Å²) in [4.78, 5) is 0. The minimum atomic E-state index is -2.01. The first kappa shape index (κ1) is 17.8. The topological polar surface area (TPSA) is 0 Å². The number of fused-ring (bicyclic) bond motifs is 3. The molecule has 0 N–H and O–H groups in total. The van der Waals surface area contributed by atoms with Gasteiger partial charge in [-0.3, -0.25) is 0 Å². The van der Waals surface area contributed by atoms with Gasteiger partial charge in [-0.1, -0.05) is 92.5 Å². The van der Waals surface area contributed by atoms with Crippen LogP contribution in [0, 0.1) is 0 Å². The molecule has 0 aliphatic heterocycles. The second kappa shape index (κ2) is 7.25. The third-order valence-corrected chi connectivity index (χ3v) is 12.8. The fraction of sp³-hybridized carbons (Fsp3) is 0.0400. The van der Waals surface area contributed by atoms with Crippen LogP contribution in [0.25, 0.3) is 21.0 Å². The molecule has 1 heterocycles. The van der Waals surface area contributed by atoms with E-state index < -0.39 is 14.7 Å². The highest BCUT2D eigenvalue weighted by Gasteiger charge is 2.38. The molecule has 5 aromatic rings. The highest BCUT2D eigenvalue weighted by atomic mass is 31.2. The van der Waals surface area contributed by atoms with Crippen LogP contribution in [0.5, 0.6) is 0 Å². The molecule has 132 valence electrons. The van der Waals surface area contributed by atoms with Crippen LogP contribution in [0.4, 0.5) is 0 Å². The molecule has 2 radical (unpaired) electrons. The van der Waals surface area contributed by atoms with Crippen LogP contribution in [-0.2, 0) is 5.90 Å². The van der Waals surface area contributed by atoms with Gasteiger partial charge in [0.1, 0.15) is 0 Å². The van der Waals surface area contributed by atoms with Crippen molar-refractivity contribution in [2.24, 2.45) is 0 Å². The fourth-order valence-corrected chi connectivity index (χ4v) is 11.9. The molecule has 0 saturated carbocycles. The Hall–Kier alpha value is -2.33. The van der Waals surface area contributed by atoms with Crippen molar-refractivity contribution >= 4 is 53.9 Å². The molecule has 0 unspecified atom stereocenters. The standard InChI is InChI=1S/C25H20BP2/c26-28(20-11-3-1-4-12-20,21-13-5-2-6-14-21)19-27-24-17-9-7-15-22(24)23-16-8-10-18-25(23)27/h1-18H,19H2/q+1. The molecule has 5 rings (SSSR count). The summed E-state index contributed by atoms with van der Waals surface area (Å²) in [7, 11) is 4.87. The Morgan fingerprint density at radius 3 is 1.39 bits per heavy atom. The number of hydrogen-bond donors (Lipinski definition) is 0. The van der Waals surface area contributed by atoms with Crippen molar-refractivity contribution < 1.29 is 0 Å². The quantitative estimate of drug-likeness (QED) is 0.236. The summed E-state index contributed by atoms with van der Waals surface area (Å²) in [6.07, 6.45) is 0. The molecule has 3 heteroatoms. The second-order valence-electron chi connectivity index (χ2n) is 7.14. The Balaban J connectivity index is 1.77. The zero-order valence-electron chi connectivity index (χ0n) is 15.6. The molecule has 0 aliphatic rings. The van der Waals surface area contributed by atoms with Gasteiger partial charge in [-0.15, -0.1) is 0 Å². The van der Waals surface area contributed by atoms with Crippen LogP contribution in [0.15, 0.2) is 109 Å². The van der Waals surface area contributed by atoms with E-state index >= 15 is 0 Å². The van der Waals surface area contributed by atoms with Crippen molar-refractivity contribution in [2.45, 2.75) is 5.90 Å². The van der Waals surface area contributed by atoms with Gasteiger partial charge < -0.3 is 0 Å². The molecule has 1 aromatic heterocycles. The molecule has 0 bridgehead atoms. The Bertz CT molecular complexity index is 1150. The maximum absolute atomic E-state index is 7.36.